The van der Waals surface area contributed by atoms with Gasteiger partial charge in [0.15, 0.2) is 0 Å². The van der Waals surface area contributed by atoms with Crippen LogP contribution in [0.15, 0.2) is 0 Å². The van der Waals surface area contributed by atoms with Crippen LogP contribution in [0.1, 0.15) is 0 Å². The summed E-state index contributed by atoms with van der Waals surface area (Å²) in [5.74, 6) is 0. The first-order chi connectivity index (χ1) is 2.00. The standard InChI is InChI=1S/ClH.Mg.H3N.H3O4P.2H/c;;;1-5(2,3)4;;/h1H;;1H3;(H3,1,2,3,4);;. The fourth-order valence-electron chi connectivity index (χ4n) is 0. The average molecular weight is 178 g/mol. The maximum Gasteiger partial charge on any atom is 0.466 e. The van der Waals surface area contributed by atoms with Crippen molar-refractivity contribution in [3.63, 3.8) is 0 Å². The van der Waals surface area contributed by atoms with Crippen LogP contribution < -0.4 is 6.15 Å². The molecule has 0 rings (SSSR count). The lowest BCUT2D eigenvalue weighted by molar-refractivity contribution is 0.275. The predicted molar refractivity (Wildman–Crippen MR) is 35.1 cm³/mol. The van der Waals surface area contributed by atoms with Crippen LogP contribution in [-0.4, -0.2) is 37.7 Å². The Bertz CT molecular complexity index is 62.2. The van der Waals surface area contributed by atoms with Crippen molar-refractivity contribution in [3.05, 3.63) is 0 Å². The van der Waals surface area contributed by atoms with Gasteiger partial charge in [0.25, 0.3) is 0 Å². The largest absolute Gasteiger partial charge is 0.466 e. The molecule has 0 aliphatic heterocycles. The highest BCUT2D eigenvalue weighted by atomic mass is 35.5. The smallest absolute Gasteiger partial charge is 0.344 e. The monoisotopic (exact) mass is 177 g/mol. The summed E-state index contributed by atoms with van der Waals surface area (Å²) < 4.78 is 8.88. The number of halogens is 1. The van der Waals surface area contributed by atoms with Crippen LogP contribution >= 0.6 is 20.2 Å². The lowest BCUT2D eigenvalue weighted by Gasteiger charge is -1.82. The van der Waals surface area contributed by atoms with E-state index in [1.165, 1.54) is 0 Å². The number of hydrogen-bond acceptors (Lipinski definition) is 2. The predicted octanol–water partition coefficient (Wildman–Crippen LogP) is -1.26. The first-order valence-corrected chi connectivity index (χ1v) is 2.35. The fraction of sp³-hybridized carbons (Fsp3) is 0. The third-order valence-corrected chi connectivity index (χ3v) is 0. The van der Waals surface area contributed by atoms with E-state index >= 15 is 0 Å². The molecule has 0 aliphatic carbocycles. The zero-order valence-corrected chi connectivity index (χ0v) is 5.02. The second-order valence-corrected chi connectivity index (χ2v) is 1.54. The molecule has 0 bridgehead atoms. The molecule has 8 heavy (non-hydrogen) atoms. The summed E-state index contributed by atoms with van der Waals surface area (Å²) in [4.78, 5) is 21.6. The zero-order valence-electron chi connectivity index (χ0n) is 3.31. The molecule has 0 radical (unpaired) electrons. The van der Waals surface area contributed by atoms with E-state index in [9.17, 15) is 0 Å². The van der Waals surface area contributed by atoms with E-state index in [2.05, 4.69) is 0 Å². The molecule has 0 atom stereocenters. The SMILES string of the molecule is Cl.N.O=P(O)(O)O.[MgH2]. The Balaban J connectivity index is -0.0000000267. The van der Waals surface area contributed by atoms with E-state index in [1.807, 2.05) is 0 Å². The van der Waals surface area contributed by atoms with Gasteiger partial charge in [-0.2, -0.15) is 0 Å². The molecule has 0 aromatic carbocycles. The zero-order chi connectivity index (χ0) is 4.50. The van der Waals surface area contributed by atoms with Crippen LogP contribution in [-0.2, 0) is 4.57 Å². The molecule has 0 saturated heterocycles. The molecule has 0 saturated carbocycles. The van der Waals surface area contributed by atoms with Crippen LogP contribution in [0.3, 0.4) is 0 Å². The van der Waals surface area contributed by atoms with Crippen molar-refractivity contribution in [3.8, 4) is 0 Å². The minimum atomic E-state index is -4.64. The van der Waals surface area contributed by atoms with Crippen LogP contribution in [0.5, 0.6) is 0 Å². The summed E-state index contributed by atoms with van der Waals surface area (Å²) in [7, 11) is -4.64. The van der Waals surface area contributed by atoms with Gasteiger partial charge in [-0.1, -0.05) is 0 Å². The highest BCUT2D eigenvalue weighted by Crippen LogP contribution is 2.25. The second kappa shape index (κ2) is 8.13. The van der Waals surface area contributed by atoms with Gasteiger partial charge < -0.3 is 20.8 Å². The van der Waals surface area contributed by atoms with Crippen molar-refractivity contribution in [1.29, 1.82) is 0 Å². The molecule has 6 N–H and O–H groups in total. The molecule has 8 heteroatoms. The summed E-state index contributed by atoms with van der Waals surface area (Å²) in [6.07, 6.45) is 0. The van der Waals surface area contributed by atoms with Crippen molar-refractivity contribution in [2.24, 2.45) is 0 Å². The molecule has 0 amide bonds. The highest BCUT2D eigenvalue weighted by molar-refractivity contribution is 7.45. The lowest BCUT2D eigenvalue weighted by atomic mass is 14.0. The highest BCUT2D eigenvalue weighted by Gasteiger charge is 2.00. The van der Waals surface area contributed by atoms with Gasteiger partial charge in [0, 0.05) is 0 Å². The second-order valence-electron chi connectivity index (χ2n) is 0.513. The van der Waals surface area contributed by atoms with Gasteiger partial charge in [-0.15, -0.1) is 12.4 Å². The molecule has 5 nitrogen and oxygen atoms in total. The average Bonchev–Trinajstić information content (AvgIpc) is 0.722. The first kappa shape index (κ1) is 22.9. The van der Waals surface area contributed by atoms with Gasteiger partial charge in [0.2, 0.25) is 0 Å². The Morgan fingerprint density at radius 1 is 1.12 bits per heavy atom. The molecule has 0 spiro atoms. The van der Waals surface area contributed by atoms with Crippen molar-refractivity contribution in [2.75, 3.05) is 0 Å². The van der Waals surface area contributed by atoms with Gasteiger partial charge in [-0.3, -0.25) is 0 Å². The summed E-state index contributed by atoms with van der Waals surface area (Å²) in [5, 5.41) is 0. The Kier molecular flexibility index (Phi) is 23.3. The summed E-state index contributed by atoms with van der Waals surface area (Å²) >= 11 is 0. The van der Waals surface area contributed by atoms with Gasteiger partial charge in [0.05, 0.1) is 0 Å². The Morgan fingerprint density at radius 3 is 1.12 bits per heavy atom. The number of hydrogen-bond donors (Lipinski definition) is 4. The molecular formula is H9ClMgNO4P. The first-order valence-electron chi connectivity index (χ1n) is 0.783. The van der Waals surface area contributed by atoms with Crippen molar-refractivity contribution in [1.82, 2.24) is 6.15 Å². The van der Waals surface area contributed by atoms with E-state index in [0.717, 1.165) is 0 Å². The molecule has 0 unspecified atom stereocenters. The Labute approximate surface area is 68.9 Å². The third kappa shape index (κ3) is 211. The normalized spacial score (nSPS) is 7.38. The summed E-state index contributed by atoms with van der Waals surface area (Å²) in [6, 6.07) is 0. The van der Waals surface area contributed by atoms with Crippen LogP contribution in [0.2, 0.25) is 0 Å². The van der Waals surface area contributed by atoms with Crippen molar-refractivity contribution >= 4 is 43.3 Å². The molecule has 0 aromatic heterocycles. The minimum Gasteiger partial charge on any atom is -0.344 e. The number of phosphoric acid groups is 1. The maximum absolute atomic E-state index is 8.88. The topological polar surface area (TPSA) is 113 Å². The quantitative estimate of drug-likeness (QED) is 0.273. The van der Waals surface area contributed by atoms with Crippen LogP contribution in [0.4, 0.5) is 0 Å². The van der Waals surface area contributed by atoms with E-state index in [4.69, 9.17) is 19.2 Å². The Hall–Kier alpha value is 1.13. The molecule has 0 aromatic rings. The van der Waals surface area contributed by atoms with E-state index < -0.39 is 7.82 Å². The summed E-state index contributed by atoms with van der Waals surface area (Å²) in [5.41, 5.74) is 0. The van der Waals surface area contributed by atoms with Crippen LogP contribution in [0, 0.1) is 0 Å². The van der Waals surface area contributed by atoms with Crippen molar-refractivity contribution in [2.45, 2.75) is 0 Å². The van der Waals surface area contributed by atoms with Gasteiger partial charge in [-0.25, -0.2) is 4.57 Å². The molecule has 0 fully saturated rings. The molecule has 52 valence electrons. The molecule has 0 aliphatic rings. The van der Waals surface area contributed by atoms with Gasteiger partial charge in [0.1, 0.15) is 0 Å². The summed E-state index contributed by atoms with van der Waals surface area (Å²) in [6.45, 7) is 0. The van der Waals surface area contributed by atoms with E-state index in [1.54, 1.807) is 0 Å². The minimum absolute atomic E-state index is 0. The number of rotatable bonds is 0. The molecular weight excluding hydrogens is 169 g/mol. The van der Waals surface area contributed by atoms with Crippen LogP contribution in [0.25, 0.3) is 0 Å². The maximum atomic E-state index is 8.88. The van der Waals surface area contributed by atoms with E-state index in [0.29, 0.717) is 0 Å². The molecule has 0 heterocycles. The lowest BCUT2D eigenvalue weighted by Crippen LogP contribution is -1.66. The van der Waals surface area contributed by atoms with Crippen molar-refractivity contribution < 1.29 is 19.2 Å². The van der Waals surface area contributed by atoms with E-state index in [-0.39, 0.29) is 41.6 Å². The third-order valence-electron chi connectivity index (χ3n) is 0. The van der Waals surface area contributed by atoms with Gasteiger partial charge >= 0.3 is 30.9 Å². The fourth-order valence-corrected chi connectivity index (χ4v) is 0. The Morgan fingerprint density at radius 2 is 1.12 bits per heavy atom. The van der Waals surface area contributed by atoms with Gasteiger partial charge in [-0.05, 0) is 0 Å².